The first-order valence-corrected chi connectivity index (χ1v) is 7.97. The van der Waals surface area contributed by atoms with E-state index in [-0.39, 0.29) is 18.4 Å². The van der Waals surface area contributed by atoms with Crippen LogP contribution in [-0.4, -0.2) is 52.5 Å². The normalized spacial score (nSPS) is 20.2. The molecule has 0 saturated heterocycles. The first-order valence-electron chi connectivity index (χ1n) is 7.97. The van der Waals surface area contributed by atoms with Gasteiger partial charge in [-0.25, -0.2) is 4.68 Å². The molecule has 2 aromatic heterocycles. The largest absolute Gasteiger partial charge is 0.394 e. The molecule has 1 N–H and O–H groups in total. The van der Waals surface area contributed by atoms with Crippen molar-refractivity contribution in [1.82, 2.24) is 34.9 Å². The van der Waals surface area contributed by atoms with E-state index in [1.807, 2.05) is 4.90 Å². The SMILES string of the molecule is O=C([C@H]1CCCCn2nnnc21)N1Cc2cnn(CCO)c2C1. The molecule has 0 unspecified atom stereocenters. The number of hydrogen-bond acceptors (Lipinski definition) is 6. The van der Waals surface area contributed by atoms with Crippen LogP contribution in [0.5, 0.6) is 0 Å². The molecule has 2 aliphatic heterocycles. The van der Waals surface area contributed by atoms with Gasteiger partial charge in [0.2, 0.25) is 5.91 Å². The van der Waals surface area contributed by atoms with Gasteiger partial charge in [0.1, 0.15) is 0 Å². The molecule has 0 fully saturated rings. The topological polar surface area (TPSA) is 102 Å². The van der Waals surface area contributed by atoms with Crippen LogP contribution in [0.1, 0.15) is 42.3 Å². The van der Waals surface area contributed by atoms with Crippen LogP contribution in [0.25, 0.3) is 0 Å². The third-order valence-corrected chi connectivity index (χ3v) is 4.64. The summed E-state index contributed by atoms with van der Waals surface area (Å²) in [6.07, 6.45) is 4.55. The van der Waals surface area contributed by atoms with Gasteiger partial charge >= 0.3 is 0 Å². The molecular formula is C14H19N7O2. The second-order valence-corrected chi connectivity index (χ2v) is 6.07. The lowest BCUT2D eigenvalue weighted by Gasteiger charge is -2.21. The Kier molecular flexibility index (Phi) is 3.56. The van der Waals surface area contributed by atoms with Gasteiger partial charge in [-0.15, -0.1) is 5.10 Å². The minimum Gasteiger partial charge on any atom is -0.394 e. The van der Waals surface area contributed by atoms with Gasteiger partial charge in [0.25, 0.3) is 0 Å². The maximum Gasteiger partial charge on any atom is 0.234 e. The number of hydrogen-bond donors (Lipinski definition) is 1. The third kappa shape index (κ3) is 2.40. The molecule has 23 heavy (non-hydrogen) atoms. The number of tetrazole rings is 1. The van der Waals surface area contributed by atoms with Crippen LogP contribution in [0.4, 0.5) is 0 Å². The highest BCUT2D eigenvalue weighted by atomic mass is 16.3. The number of aryl methyl sites for hydroxylation is 1. The number of amides is 1. The second-order valence-electron chi connectivity index (χ2n) is 6.07. The lowest BCUT2D eigenvalue weighted by Crippen LogP contribution is -2.32. The van der Waals surface area contributed by atoms with E-state index >= 15 is 0 Å². The van der Waals surface area contributed by atoms with Crippen LogP contribution >= 0.6 is 0 Å². The maximum atomic E-state index is 13.0. The summed E-state index contributed by atoms with van der Waals surface area (Å²) in [6.45, 7) is 2.38. The summed E-state index contributed by atoms with van der Waals surface area (Å²) in [4.78, 5) is 14.8. The van der Waals surface area contributed by atoms with Crippen LogP contribution in [0.15, 0.2) is 6.20 Å². The predicted octanol–water partition coefficient (Wildman–Crippen LogP) is -0.328. The summed E-state index contributed by atoms with van der Waals surface area (Å²) >= 11 is 0. The zero-order valence-corrected chi connectivity index (χ0v) is 12.8. The van der Waals surface area contributed by atoms with Crippen molar-refractivity contribution >= 4 is 5.91 Å². The van der Waals surface area contributed by atoms with Gasteiger partial charge in [-0.05, 0) is 23.3 Å². The number of fused-ring (bicyclic) bond motifs is 2. The molecule has 4 heterocycles. The fourth-order valence-electron chi connectivity index (χ4n) is 3.46. The number of rotatable bonds is 3. The highest BCUT2D eigenvalue weighted by Crippen LogP contribution is 2.30. The Morgan fingerprint density at radius 1 is 1.35 bits per heavy atom. The van der Waals surface area contributed by atoms with Gasteiger partial charge in [0, 0.05) is 18.7 Å². The van der Waals surface area contributed by atoms with E-state index in [0.717, 1.165) is 37.1 Å². The number of aliphatic hydroxyl groups is 1. The van der Waals surface area contributed by atoms with Gasteiger partial charge in [-0.2, -0.15) is 5.10 Å². The van der Waals surface area contributed by atoms with Crippen molar-refractivity contribution in [3.05, 3.63) is 23.3 Å². The summed E-state index contributed by atoms with van der Waals surface area (Å²) in [6, 6.07) is 0. The molecule has 4 rings (SSSR count). The highest BCUT2D eigenvalue weighted by Gasteiger charge is 2.35. The minimum absolute atomic E-state index is 0.0411. The van der Waals surface area contributed by atoms with Crippen molar-refractivity contribution in [2.24, 2.45) is 0 Å². The predicted molar refractivity (Wildman–Crippen MR) is 78.0 cm³/mol. The zero-order chi connectivity index (χ0) is 15.8. The molecule has 0 radical (unpaired) electrons. The van der Waals surface area contributed by atoms with Gasteiger partial charge in [0.15, 0.2) is 5.82 Å². The average Bonchev–Trinajstić information content (AvgIpc) is 3.22. The summed E-state index contributed by atoms with van der Waals surface area (Å²) in [5, 5.41) is 25.1. The summed E-state index contributed by atoms with van der Waals surface area (Å²) in [5.41, 5.74) is 2.07. The summed E-state index contributed by atoms with van der Waals surface area (Å²) in [5.74, 6) is 0.492. The summed E-state index contributed by atoms with van der Waals surface area (Å²) in [7, 11) is 0. The van der Waals surface area contributed by atoms with E-state index < -0.39 is 0 Å². The third-order valence-electron chi connectivity index (χ3n) is 4.64. The Balaban J connectivity index is 1.55. The number of aliphatic hydroxyl groups excluding tert-OH is 1. The molecule has 0 aromatic carbocycles. The second kappa shape index (κ2) is 5.73. The van der Waals surface area contributed by atoms with Crippen LogP contribution < -0.4 is 0 Å². The van der Waals surface area contributed by atoms with Crippen molar-refractivity contribution in [3.63, 3.8) is 0 Å². The van der Waals surface area contributed by atoms with Gasteiger partial charge in [-0.3, -0.25) is 9.48 Å². The van der Waals surface area contributed by atoms with Crippen LogP contribution in [-0.2, 0) is 31.0 Å². The van der Waals surface area contributed by atoms with Crippen molar-refractivity contribution in [3.8, 4) is 0 Å². The average molecular weight is 317 g/mol. The zero-order valence-electron chi connectivity index (χ0n) is 12.8. The molecular weight excluding hydrogens is 298 g/mol. The standard InChI is InChI=1S/C14H19N7O2/c22-6-5-20-12-9-19(8-10(12)7-15-20)14(23)11-3-1-2-4-21-13(11)16-17-18-21/h7,11,22H,1-6,8-9H2/t11-/m0/s1. The molecule has 0 spiro atoms. The van der Waals surface area contributed by atoms with Gasteiger partial charge in [-0.1, -0.05) is 6.42 Å². The van der Waals surface area contributed by atoms with Crippen LogP contribution in [0.2, 0.25) is 0 Å². The molecule has 0 bridgehead atoms. The quantitative estimate of drug-likeness (QED) is 0.832. The van der Waals surface area contributed by atoms with Crippen molar-refractivity contribution < 1.29 is 9.90 Å². The number of nitrogens with zero attached hydrogens (tertiary/aromatic N) is 7. The lowest BCUT2D eigenvalue weighted by molar-refractivity contribution is -0.133. The Labute approximate surface area is 132 Å². The molecule has 1 amide bonds. The first kappa shape index (κ1) is 14.3. The van der Waals surface area contributed by atoms with E-state index in [1.165, 1.54) is 0 Å². The fraction of sp³-hybridized carbons (Fsp3) is 0.643. The van der Waals surface area contributed by atoms with E-state index in [9.17, 15) is 4.79 Å². The van der Waals surface area contributed by atoms with E-state index in [4.69, 9.17) is 5.11 Å². The van der Waals surface area contributed by atoms with Crippen molar-refractivity contribution in [2.75, 3.05) is 6.61 Å². The van der Waals surface area contributed by atoms with Crippen molar-refractivity contribution in [1.29, 1.82) is 0 Å². The first-order chi connectivity index (χ1) is 11.3. The van der Waals surface area contributed by atoms with Crippen LogP contribution in [0.3, 0.4) is 0 Å². The monoisotopic (exact) mass is 317 g/mol. The molecule has 1 atom stereocenters. The fourth-order valence-corrected chi connectivity index (χ4v) is 3.46. The Morgan fingerprint density at radius 2 is 2.26 bits per heavy atom. The molecule has 2 aromatic rings. The summed E-state index contributed by atoms with van der Waals surface area (Å²) < 4.78 is 3.53. The Bertz CT molecular complexity index is 723. The molecule has 0 aliphatic carbocycles. The molecule has 2 aliphatic rings. The van der Waals surface area contributed by atoms with Gasteiger partial charge in [0.05, 0.1) is 37.5 Å². The molecule has 122 valence electrons. The number of carbonyl (C=O) groups excluding carboxylic acids is 1. The van der Waals surface area contributed by atoms with Crippen molar-refractivity contribution in [2.45, 2.75) is 51.4 Å². The Morgan fingerprint density at radius 3 is 3.13 bits per heavy atom. The molecule has 9 heteroatoms. The highest BCUT2D eigenvalue weighted by molar-refractivity contribution is 5.83. The van der Waals surface area contributed by atoms with E-state index in [1.54, 1.807) is 15.6 Å². The van der Waals surface area contributed by atoms with Crippen LogP contribution in [0, 0.1) is 0 Å². The number of carbonyl (C=O) groups is 1. The molecule has 0 saturated carbocycles. The van der Waals surface area contributed by atoms with Gasteiger partial charge < -0.3 is 10.0 Å². The maximum absolute atomic E-state index is 13.0. The Hall–Kier alpha value is -2.29. The van der Waals surface area contributed by atoms with E-state index in [2.05, 4.69) is 20.6 Å². The van der Waals surface area contributed by atoms with E-state index in [0.29, 0.717) is 25.5 Å². The minimum atomic E-state index is -0.268. The smallest absolute Gasteiger partial charge is 0.234 e. The lowest BCUT2D eigenvalue weighted by atomic mass is 10.0. The number of aromatic nitrogens is 6. The molecule has 9 nitrogen and oxygen atoms in total.